The van der Waals surface area contributed by atoms with Crippen molar-refractivity contribution in [1.29, 1.82) is 0 Å². The minimum absolute atomic E-state index is 0.163. The van der Waals surface area contributed by atoms with E-state index in [1.807, 2.05) is 0 Å². The molecule has 0 aliphatic carbocycles. The van der Waals surface area contributed by atoms with Gasteiger partial charge in [0.1, 0.15) is 17.5 Å². The molecule has 5 heteroatoms. The topological polar surface area (TPSA) is 24.9 Å². The summed E-state index contributed by atoms with van der Waals surface area (Å²) in [6, 6.07) is 6.50. The second kappa shape index (κ2) is 4.45. The van der Waals surface area contributed by atoms with E-state index in [1.165, 1.54) is 18.3 Å². The Morgan fingerprint density at radius 2 is 1.94 bits per heavy atom. The lowest BCUT2D eigenvalue weighted by Gasteiger charge is -2.06. The summed E-state index contributed by atoms with van der Waals surface area (Å²) in [5, 5.41) is 3.21. The Labute approximate surface area is 95.9 Å². The van der Waals surface area contributed by atoms with Crippen LogP contribution in [0.15, 0.2) is 36.5 Å². The first kappa shape index (κ1) is 10.8. The molecule has 82 valence electrons. The fourth-order valence-electron chi connectivity index (χ4n) is 1.18. The number of hydrogen-bond acceptors (Lipinski definition) is 2. The number of aromatic nitrogens is 1. The molecule has 0 aliphatic rings. The molecule has 0 atom stereocenters. The average Bonchev–Trinajstić information content (AvgIpc) is 2.25. The third-order valence-corrected chi connectivity index (χ3v) is 2.14. The summed E-state index contributed by atoms with van der Waals surface area (Å²) in [7, 11) is 0. The molecule has 0 aliphatic heterocycles. The first-order chi connectivity index (χ1) is 7.65. The van der Waals surface area contributed by atoms with Crippen LogP contribution in [0.1, 0.15) is 0 Å². The van der Waals surface area contributed by atoms with E-state index in [-0.39, 0.29) is 5.69 Å². The maximum absolute atomic E-state index is 13.3. The van der Waals surface area contributed by atoms with Crippen LogP contribution in [-0.4, -0.2) is 4.98 Å². The Hall–Kier alpha value is -1.68. The molecule has 0 radical (unpaired) electrons. The molecular formula is C11H7ClF2N2. The quantitative estimate of drug-likeness (QED) is 0.865. The fraction of sp³-hybridized carbons (Fsp3) is 0. The van der Waals surface area contributed by atoms with Crippen molar-refractivity contribution < 1.29 is 8.78 Å². The highest BCUT2D eigenvalue weighted by molar-refractivity contribution is 6.30. The van der Waals surface area contributed by atoms with Crippen molar-refractivity contribution in [3.63, 3.8) is 0 Å². The number of rotatable bonds is 2. The summed E-state index contributed by atoms with van der Waals surface area (Å²) in [6.07, 6.45) is 1.44. The van der Waals surface area contributed by atoms with Gasteiger partial charge in [-0.05, 0) is 24.3 Å². The molecule has 0 saturated carbocycles. The van der Waals surface area contributed by atoms with Crippen LogP contribution in [0, 0.1) is 11.6 Å². The SMILES string of the molecule is Fc1ccc(Nc2ccc(Cl)cn2)c(F)c1. The third-order valence-electron chi connectivity index (χ3n) is 1.92. The summed E-state index contributed by atoms with van der Waals surface area (Å²) in [6.45, 7) is 0. The molecule has 1 heterocycles. The van der Waals surface area contributed by atoms with E-state index in [4.69, 9.17) is 11.6 Å². The van der Waals surface area contributed by atoms with E-state index in [1.54, 1.807) is 12.1 Å². The van der Waals surface area contributed by atoms with Crippen LogP contribution in [0.25, 0.3) is 0 Å². The number of benzene rings is 1. The number of anilines is 2. The zero-order chi connectivity index (χ0) is 11.5. The molecule has 0 fully saturated rings. The lowest BCUT2D eigenvalue weighted by molar-refractivity contribution is 0.586. The third kappa shape index (κ3) is 2.46. The predicted octanol–water partition coefficient (Wildman–Crippen LogP) is 3.76. The maximum Gasteiger partial charge on any atom is 0.149 e. The van der Waals surface area contributed by atoms with E-state index in [9.17, 15) is 8.78 Å². The van der Waals surface area contributed by atoms with E-state index in [0.29, 0.717) is 10.8 Å². The Morgan fingerprint density at radius 1 is 1.12 bits per heavy atom. The van der Waals surface area contributed by atoms with Gasteiger partial charge in [-0.3, -0.25) is 0 Å². The van der Waals surface area contributed by atoms with E-state index in [0.717, 1.165) is 6.07 Å². The largest absolute Gasteiger partial charge is 0.338 e. The molecule has 0 saturated heterocycles. The van der Waals surface area contributed by atoms with Crippen LogP contribution in [0.5, 0.6) is 0 Å². The van der Waals surface area contributed by atoms with Crippen LogP contribution in [0.3, 0.4) is 0 Å². The van der Waals surface area contributed by atoms with Crippen molar-refractivity contribution >= 4 is 23.1 Å². The zero-order valence-corrected chi connectivity index (χ0v) is 8.80. The van der Waals surface area contributed by atoms with Crippen molar-refractivity contribution in [2.24, 2.45) is 0 Å². The molecule has 1 aromatic heterocycles. The number of hydrogen-bond donors (Lipinski definition) is 1. The van der Waals surface area contributed by atoms with Crippen LogP contribution < -0.4 is 5.32 Å². The summed E-state index contributed by atoms with van der Waals surface area (Å²) < 4.78 is 25.9. The second-order valence-corrected chi connectivity index (χ2v) is 3.55. The number of halogens is 3. The molecule has 2 nitrogen and oxygen atoms in total. The number of pyridine rings is 1. The van der Waals surface area contributed by atoms with Crippen molar-refractivity contribution in [2.45, 2.75) is 0 Å². The van der Waals surface area contributed by atoms with Gasteiger partial charge in [0, 0.05) is 12.3 Å². The molecular weight excluding hydrogens is 234 g/mol. The van der Waals surface area contributed by atoms with Gasteiger partial charge in [0.15, 0.2) is 0 Å². The summed E-state index contributed by atoms with van der Waals surface area (Å²) in [4.78, 5) is 3.93. The average molecular weight is 241 g/mol. The summed E-state index contributed by atoms with van der Waals surface area (Å²) in [5.41, 5.74) is 0.163. The van der Waals surface area contributed by atoms with E-state index >= 15 is 0 Å². The molecule has 1 aromatic carbocycles. The van der Waals surface area contributed by atoms with Gasteiger partial charge < -0.3 is 5.32 Å². The minimum Gasteiger partial charge on any atom is -0.338 e. The van der Waals surface area contributed by atoms with Crippen LogP contribution in [-0.2, 0) is 0 Å². The first-order valence-electron chi connectivity index (χ1n) is 4.49. The number of nitrogens with zero attached hydrogens (tertiary/aromatic N) is 1. The van der Waals surface area contributed by atoms with Gasteiger partial charge in [0.25, 0.3) is 0 Å². The monoisotopic (exact) mass is 240 g/mol. The molecule has 2 rings (SSSR count). The molecule has 16 heavy (non-hydrogen) atoms. The lowest BCUT2D eigenvalue weighted by atomic mass is 10.3. The van der Waals surface area contributed by atoms with Crippen molar-refractivity contribution in [3.8, 4) is 0 Å². The van der Waals surface area contributed by atoms with E-state index in [2.05, 4.69) is 10.3 Å². The Morgan fingerprint density at radius 3 is 2.56 bits per heavy atom. The summed E-state index contributed by atoms with van der Waals surface area (Å²) in [5.74, 6) is -0.848. The van der Waals surface area contributed by atoms with Gasteiger partial charge >= 0.3 is 0 Å². The molecule has 0 unspecified atom stereocenters. The number of nitrogens with one attached hydrogen (secondary N) is 1. The second-order valence-electron chi connectivity index (χ2n) is 3.11. The van der Waals surface area contributed by atoms with Gasteiger partial charge in [-0.25, -0.2) is 13.8 Å². The van der Waals surface area contributed by atoms with Crippen molar-refractivity contribution in [2.75, 3.05) is 5.32 Å². The van der Waals surface area contributed by atoms with Gasteiger partial charge in [-0.2, -0.15) is 0 Å². The smallest absolute Gasteiger partial charge is 0.149 e. The molecule has 1 N–H and O–H groups in total. The van der Waals surface area contributed by atoms with Gasteiger partial charge in [-0.15, -0.1) is 0 Å². The highest BCUT2D eigenvalue weighted by Gasteiger charge is 2.04. The first-order valence-corrected chi connectivity index (χ1v) is 4.86. The van der Waals surface area contributed by atoms with Crippen molar-refractivity contribution in [1.82, 2.24) is 4.98 Å². The van der Waals surface area contributed by atoms with Crippen LogP contribution in [0.4, 0.5) is 20.3 Å². The fourth-order valence-corrected chi connectivity index (χ4v) is 1.29. The van der Waals surface area contributed by atoms with Gasteiger partial charge in [0.05, 0.1) is 10.7 Å². The highest BCUT2D eigenvalue weighted by Crippen LogP contribution is 2.19. The highest BCUT2D eigenvalue weighted by atomic mass is 35.5. The van der Waals surface area contributed by atoms with E-state index < -0.39 is 11.6 Å². The molecule has 0 spiro atoms. The lowest BCUT2D eigenvalue weighted by Crippen LogP contribution is -1.96. The predicted molar refractivity (Wildman–Crippen MR) is 58.9 cm³/mol. The van der Waals surface area contributed by atoms with Crippen molar-refractivity contribution in [3.05, 3.63) is 53.2 Å². The Bertz CT molecular complexity index is 500. The van der Waals surface area contributed by atoms with Crippen LogP contribution in [0.2, 0.25) is 5.02 Å². The normalized spacial score (nSPS) is 10.2. The standard InChI is InChI=1S/C11H7ClF2N2/c12-7-1-4-11(15-6-7)16-10-3-2-8(13)5-9(10)14/h1-6H,(H,15,16). The molecule has 2 aromatic rings. The maximum atomic E-state index is 13.3. The minimum atomic E-state index is -0.670. The molecule has 0 bridgehead atoms. The molecule has 0 amide bonds. The Balaban J connectivity index is 2.23. The summed E-state index contributed by atoms with van der Waals surface area (Å²) >= 11 is 5.65. The Kier molecular flexibility index (Phi) is 3.01. The zero-order valence-electron chi connectivity index (χ0n) is 8.05. The van der Waals surface area contributed by atoms with Gasteiger partial charge in [-0.1, -0.05) is 11.6 Å². The van der Waals surface area contributed by atoms with Gasteiger partial charge in [0.2, 0.25) is 0 Å². The van der Waals surface area contributed by atoms with Crippen LogP contribution >= 0.6 is 11.6 Å².